The molecule has 2 aromatic rings. The SMILES string of the molecule is CSC(CO)C(C)Nc1nc(N)nc2ccccc12. The zero-order valence-electron chi connectivity index (χ0n) is 11.0. The highest BCUT2D eigenvalue weighted by Crippen LogP contribution is 2.23. The number of rotatable bonds is 5. The summed E-state index contributed by atoms with van der Waals surface area (Å²) in [7, 11) is 0. The molecule has 19 heavy (non-hydrogen) atoms. The van der Waals surface area contributed by atoms with E-state index in [-0.39, 0.29) is 23.8 Å². The van der Waals surface area contributed by atoms with Crippen LogP contribution in [-0.4, -0.2) is 39.2 Å². The molecule has 6 heteroatoms. The van der Waals surface area contributed by atoms with Gasteiger partial charge in [0.2, 0.25) is 5.95 Å². The maximum Gasteiger partial charge on any atom is 0.222 e. The van der Waals surface area contributed by atoms with E-state index in [1.54, 1.807) is 11.8 Å². The molecule has 2 rings (SSSR count). The highest BCUT2D eigenvalue weighted by Gasteiger charge is 2.17. The number of aliphatic hydroxyl groups excluding tert-OH is 1. The van der Waals surface area contributed by atoms with Crippen LogP contribution >= 0.6 is 11.8 Å². The van der Waals surface area contributed by atoms with Gasteiger partial charge in [-0.25, -0.2) is 4.98 Å². The lowest BCUT2D eigenvalue weighted by Crippen LogP contribution is -2.31. The molecular formula is C13H18N4OS. The predicted molar refractivity (Wildman–Crippen MR) is 81.4 cm³/mol. The van der Waals surface area contributed by atoms with Crippen molar-refractivity contribution in [2.75, 3.05) is 23.9 Å². The van der Waals surface area contributed by atoms with Gasteiger partial charge >= 0.3 is 0 Å². The number of hydrogen-bond acceptors (Lipinski definition) is 6. The number of aromatic nitrogens is 2. The van der Waals surface area contributed by atoms with Gasteiger partial charge in [0.1, 0.15) is 5.82 Å². The first kappa shape index (κ1) is 13.9. The summed E-state index contributed by atoms with van der Waals surface area (Å²) in [5.41, 5.74) is 6.54. The third kappa shape index (κ3) is 3.08. The van der Waals surface area contributed by atoms with Crippen molar-refractivity contribution in [1.29, 1.82) is 0 Å². The van der Waals surface area contributed by atoms with Gasteiger partial charge in [-0.2, -0.15) is 16.7 Å². The average Bonchev–Trinajstić information content (AvgIpc) is 2.40. The monoisotopic (exact) mass is 278 g/mol. The van der Waals surface area contributed by atoms with Crippen LogP contribution in [0.15, 0.2) is 24.3 Å². The number of aliphatic hydroxyl groups is 1. The van der Waals surface area contributed by atoms with Crippen LogP contribution in [0.25, 0.3) is 10.9 Å². The summed E-state index contributed by atoms with van der Waals surface area (Å²) in [5.74, 6) is 0.959. The Morgan fingerprint density at radius 2 is 2.11 bits per heavy atom. The summed E-state index contributed by atoms with van der Waals surface area (Å²) in [5, 5.41) is 13.7. The summed E-state index contributed by atoms with van der Waals surface area (Å²) in [6.45, 7) is 2.14. The molecule has 2 atom stereocenters. The molecule has 1 aromatic heterocycles. The molecule has 0 spiro atoms. The molecule has 5 nitrogen and oxygen atoms in total. The number of nitrogens with one attached hydrogen (secondary N) is 1. The summed E-state index contributed by atoms with van der Waals surface area (Å²) < 4.78 is 0. The van der Waals surface area contributed by atoms with Crippen LogP contribution in [0, 0.1) is 0 Å². The first-order valence-corrected chi connectivity index (χ1v) is 7.37. The Balaban J connectivity index is 2.34. The summed E-state index contributed by atoms with van der Waals surface area (Å²) in [4.78, 5) is 8.46. The van der Waals surface area contributed by atoms with Crippen LogP contribution in [0.4, 0.5) is 11.8 Å². The topological polar surface area (TPSA) is 84.1 Å². The lowest BCUT2D eigenvalue weighted by Gasteiger charge is -2.22. The molecule has 0 aliphatic rings. The van der Waals surface area contributed by atoms with Crippen LogP contribution in [0.2, 0.25) is 0 Å². The zero-order valence-corrected chi connectivity index (χ0v) is 11.8. The highest BCUT2D eigenvalue weighted by atomic mass is 32.2. The number of fused-ring (bicyclic) bond motifs is 1. The smallest absolute Gasteiger partial charge is 0.222 e. The van der Waals surface area contributed by atoms with Gasteiger partial charge in [0.05, 0.1) is 12.1 Å². The van der Waals surface area contributed by atoms with Gasteiger partial charge < -0.3 is 16.2 Å². The van der Waals surface area contributed by atoms with Crippen molar-refractivity contribution in [3.63, 3.8) is 0 Å². The van der Waals surface area contributed by atoms with E-state index in [9.17, 15) is 5.11 Å². The van der Waals surface area contributed by atoms with Crippen molar-refractivity contribution in [3.05, 3.63) is 24.3 Å². The molecule has 1 heterocycles. The second-order valence-corrected chi connectivity index (χ2v) is 5.41. The quantitative estimate of drug-likeness (QED) is 0.772. The number of thioether (sulfide) groups is 1. The van der Waals surface area contributed by atoms with E-state index in [0.29, 0.717) is 5.82 Å². The predicted octanol–water partition coefficient (Wildman–Crippen LogP) is 1.74. The Hall–Kier alpha value is -1.53. The van der Waals surface area contributed by atoms with Gasteiger partial charge in [0.15, 0.2) is 0 Å². The van der Waals surface area contributed by atoms with E-state index in [1.807, 2.05) is 37.4 Å². The molecular weight excluding hydrogens is 260 g/mol. The Labute approximate surface area is 116 Å². The molecule has 4 N–H and O–H groups in total. The van der Waals surface area contributed by atoms with E-state index >= 15 is 0 Å². The van der Waals surface area contributed by atoms with Crippen LogP contribution in [0.1, 0.15) is 6.92 Å². The van der Waals surface area contributed by atoms with E-state index in [2.05, 4.69) is 15.3 Å². The lowest BCUT2D eigenvalue weighted by atomic mass is 10.2. The van der Waals surface area contributed by atoms with Gasteiger partial charge in [-0.15, -0.1) is 0 Å². The van der Waals surface area contributed by atoms with Gasteiger partial charge in [0.25, 0.3) is 0 Å². The summed E-state index contributed by atoms with van der Waals surface area (Å²) in [6.07, 6.45) is 1.98. The highest BCUT2D eigenvalue weighted by molar-refractivity contribution is 7.99. The fourth-order valence-corrected chi connectivity index (χ4v) is 2.58. The number of nitrogens with two attached hydrogens (primary N) is 1. The second kappa shape index (κ2) is 6.08. The van der Waals surface area contributed by atoms with Crippen molar-refractivity contribution in [3.8, 4) is 0 Å². The third-order valence-corrected chi connectivity index (χ3v) is 4.19. The summed E-state index contributed by atoms with van der Waals surface area (Å²) >= 11 is 1.62. The minimum atomic E-state index is 0.0812. The Morgan fingerprint density at radius 1 is 1.37 bits per heavy atom. The molecule has 0 fully saturated rings. The van der Waals surface area contributed by atoms with Crippen LogP contribution in [-0.2, 0) is 0 Å². The lowest BCUT2D eigenvalue weighted by molar-refractivity contribution is 0.288. The van der Waals surface area contributed by atoms with E-state index in [0.717, 1.165) is 10.9 Å². The summed E-state index contributed by atoms with van der Waals surface area (Å²) in [6, 6.07) is 7.80. The maximum atomic E-state index is 9.32. The van der Waals surface area contributed by atoms with Crippen molar-refractivity contribution < 1.29 is 5.11 Å². The zero-order chi connectivity index (χ0) is 13.8. The molecule has 0 aliphatic carbocycles. The largest absolute Gasteiger partial charge is 0.395 e. The average molecular weight is 278 g/mol. The molecule has 0 saturated carbocycles. The van der Waals surface area contributed by atoms with Crippen LogP contribution < -0.4 is 11.1 Å². The fraction of sp³-hybridized carbons (Fsp3) is 0.385. The Bertz CT molecular complexity index is 559. The minimum Gasteiger partial charge on any atom is -0.395 e. The molecule has 0 aliphatic heterocycles. The third-order valence-electron chi connectivity index (χ3n) is 3.03. The Morgan fingerprint density at radius 3 is 2.79 bits per heavy atom. The minimum absolute atomic E-state index is 0.0812. The van der Waals surface area contributed by atoms with E-state index < -0.39 is 0 Å². The first-order chi connectivity index (χ1) is 9.15. The maximum absolute atomic E-state index is 9.32. The molecule has 0 saturated heterocycles. The number of benzene rings is 1. The van der Waals surface area contributed by atoms with Gasteiger partial charge in [-0.1, -0.05) is 12.1 Å². The molecule has 2 unspecified atom stereocenters. The number of para-hydroxylation sites is 1. The molecule has 0 amide bonds. The normalized spacial score (nSPS) is 14.3. The van der Waals surface area contributed by atoms with E-state index in [4.69, 9.17) is 5.73 Å². The second-order valence-electron chi connectivity index (χ2n) is 4.34. The van der Waals surface area contributed by atoms with Crippen molar-refractivity contribution >= 4 is 34.4 Å². The first-order valence-electron chi connectivity index (χ1n) is 6.08. The number of anilines is 2. The van der Waals surface area contributed by atoms with Crippen molar-refractivity contribution in [2.45, 2.75) is 18.2 Å². The van der Waals surface area contributed by atoms with Crippen molar-refractivity contribution in [2.24, 2.45) is 0 Å². The van der Waals surface area contributed by atoms with Crippen LogP contribution in [0.3, 0.4) is 0 Å². The standard InChI is InChI=1S/C13H18N4OS/c1-8(11(7-18)19-2)15-12-9-5-3-4-6-10(9)16-13(14)17-12/h3-6,8,11,18H,7H2,1-2H3,(H3,14,15,16,17). The van der Waals surface area contributed by atoms with E-state index in [1.165, 1.54) is 0 Å². The molecule has 0 bridgehead atoms. The molecule has 1 aromatic carbocycles. The molecule has 0 radical (unpaired) electrons. The number of nitrogens with zero attached hydrogens (tertiary/aromatic N) is 2. The fourth-order valence-electron chi connectivity index (χ4n) is 1.95. The van der Waals surface area contributed by atoms with Gasteiger partial charge in [-0.05, 0) is 25.3 Å². The number of nitrogen functional groups attached to an aromatic ring is 1. The van der Waals surface area contributed by atoms with Crippen LogP contribution in [0.5, 0.6) is 0 Å². The van der Waals surface area contributed by atoms with Gasteiger partial charge in [0, 0.05) is 16.7 Å². The Kier molecular flexibility index (Phi) is 4.44. The van der Waals surface area contributed by atoms with Gasteiger partial charge in [-0.3, -0.25) is 0 Å². The molecule has 102 valence electrons. The van der Waals surface area contributed by atoms with Crippen molar-refractivity contribution in [1.82, 2.24) is 9.97 Å². The number of hydrogen-bond donors (Lipinski definition) is 3.